The van der Waals surface area contributed by atoms with Crippen LogP contribution >= 0.6 is 11.3 Å². The van der Waals surface area contributed by atoms with Crippen LogP contribution < -0.4 is 5.32 Å². The Balaban J connectivity index is 1.84. The molecule has 2 rings (SSSR count). The second-order valence-electron chi connectivity index (χ2n) is 4.11. The van der Waals surface area contributed by atoms with E-state index in [2.05, 4.69) is 15.5 Å². The summed E-state index contributed by atoms with van der Waals surface area (Å²) in [6.45, 7) is 2.11. The number of hydrogen-bond acceptors (Lipinski definition) is 6. The second kappa shape index (κ2) is 6.80. The molecule has 2 aromatic rings. The van der Waals surface area contributed by atoms with Crippen LogP contribution in [0, 0.1) is 6.92 Å². The van der Waals surface area contributed by atoms with Gasteiger partial charge >= 0.3 is 5.97 Å². The monoisotopic (exact) mass is 307 g/mol. The number of aromatic nitrogens is 2. The van der Waals surface area contributed by atoms with Gasteiger partial charge in [-0.15, -0.1) is 11.3 Å². The maximum atomic E-state index is 11.9. The minimum Gasteiger partial charge on any atom is -0.478 e. The molecule has 1 amide bonds. The van der Waals surface area contributed by atoms with E-state index in [1.54, 1.807) is 19.1 Å². The SMILES string of the molecule is Cc1noc(CCNC(=O)c2ccc(/C=C/C(=O)O)s2)n1. The highest BCUT2D eigenvalue weighted by Crippen LogP contribution is 2.17. The molecule has 0 saturated carbocycles. The Kier molecular flexibility index (Phi) is 4.83. The van der Waals surface area contributed by atoms with Gasteiger partial charge < -0.3 is 14.9 Å². The van der Waals surface area contributed by atoms with E-state index in [1.807, 2.05) is 0 Å². The molecule has 0 radical (unpaired) electrons. The fraction of sp³-hybridized carbons (Fsp3) is 0.231. The summed E-state index contributed by atoms with van der Waals surface area (Å²) in [5.41, 5.74) is 0. The van der Waals surface area contributed by atoms with Crippen LogP contribution in [0.15, 0.2) is 22.7 Å². The number of amides is 1. The normalized spacial score (nSPS) is 10.9. The third-order valence-electron chi connectivity index (χ3n) is 2.43. The lowest BCUT2D eigenvalue weighted by molar-refractivity contribution is -0.131. The number of carboxylic acid groups (broad SMARTS) is 1. The molecule has 0 atom stereocenters. The number of hydrogen-bond donors (Lipinski definition) is 2. The number of rotatable bonds is 6. The van der Waals surface area contributed by atoms with Crippen LogP contribution in [0.5, 0.6) is 0 Å². The van der Waals surface area contributed by atoms with Crippen molar-refractivity contribution >= 4 is 29.3 Å². The summed E-state index contributed by atoms with van der Waals surface area (Å²) >= 11 is 1.22. The summed E-state index contributed by atoms with van der Waals surface area (Å²) in [6, 6.07) is 3.35. The quantitative estimate of drug-likeness (QED) is 0.784. The average Bonchev–Trinajstić information content (AvgIpc) is 3.05. The Morgan fingerprint density at radius 2 is 2.29 bits per heavy atom. The number of aryl methyl sites for hydroxylation is 1. The third-order valence-corrected chi connectivity index (χ3v) is 3.48. The molecule has 0 aliphatic heterocycles. The Morgan fingerprint density at radius 3 is 2.95 bits per heavy atom. The minimum absolute atomic E-state index is 0.216. The lowest BCUT2D eigenvalue weighted by Gasteiger charge is -2.00. The lowest BCUT2D eigenvalue weighted by Crippen LogP contribution is -2.24. The number of thiophene rings is 1. The van der Waals surface area contributed by atoms with Gasteiger partial charge in [-0.3, -0.25) is 4.79 Å². The summed E-state index contributed by atoms with van der Waals surface area (Å²) in [5.74, 6) is -0.205. The lowest BCUT2D eigenvalue weighted by atomic mass is 10.3. The molecule has 8 heteroatoms. The Hall–Kier alpha value is -2.48. The van der Waals surface area contributed by atoms with Gasteiger partial charge in [-0.1, -0.05) is 5.16 Å². The van der Waals surface area contributed by atoms with Crippen molar-refractivity contribution in [3.8, 4) is 0 Å². The topological polar surface area (TPSA) is 105 Å². The van der Waals surface area contributed by atoms with Gasteiger partial charge in [0.15, 0.2) is 5.82 Å². The summed E-state index contributed by atoms with van der Waals surface area (Å²) in [7, 11) is 0. The number of carboxylic acids is 1. The van der Waals surface area contributed by atoms with Crippen molar-refractivity contribution in [3.63, 3.8) is 0 Å². The van der Waals surface area contributed by atoms with Gasteiger partial charge in [0.05, 0.1) is 4.88 Å². The van der Waals surface area contributed by atoms with Crippen LogP contribution in [0.1, 0.15) is 26.3 Å². The van der Waals surface area contributed by atoms with E-state index >= 15 is 0 Å². The third kappa shape index (κ3) is 4.53. The van der Waals surface area contributed by atoms with Crippen molar-refractivity contribution in [2.24, 2.45) is 0 Å². The van der Waals surface area contributed by atoms with Gasteiger partial charge in [0.25, 0.3) is 5.91 Å². The van der Waals surface area contributed by atoms with Crippen molar-refractivity contribution < 1.29 is 19.2 Å². The molecule has 0 unspecified atom stereocenters. The first-order valence-electron chi connectivity index (χ1n) is 6.13. The maximum Gasteiger partial charge on any atom is 0.328 e. The Labute approximate surface area is 124 Å². The van der Waals surface area contributed by atoms with E-state index in [0.717, 1.165) is 6.08 Å². The van der Waals surface area contributed by atoms with Gasteiger partial charge in [0.2, 0.25) is 5.89 Å². The molecule has 21 heavy (non-hydrogen) atoms. The summed E-state index contributed by atoms with van der Waals surface area (Å²) in [5, 5.41) is 14.9. The van der Waals surface area contributed by atoms with Gasteiger partial charge in [0.1, 0.15) is 0 Å². The highest BCUT2D eigenvalue weighted by atomic mass is 32.1. The highest BCUT2D eigenvalue weighted by Gasteiger charge is 2.09. The van der Waals surface area contributed by atoms with Crippen molar-refractivity contribution in [2.45, 2.75) is 13.3 Å². The molecule has 0 fully saturated rings. The summed E-state index contributed by atoms with van der Waals surface area (Å²) < 4.78 is 4.94. The molecule has 0 aliphatic carbocycles. The molecule has 2 N–H and O–H groups in total. The molecule has 110 valence electrons. The van der Waals surface area contributed by atoms with Gasteiger partial charge in [-0.25, -0.2) is 4.79 Å². The first kappa shape index (κ1) is 14.9. The van der Waals surface area contributed by atoms with E-state index < -0.39 is 5.97 Å². The standard InChI is InChI=1S/C13H13N3O4S/c1-8-15-11(20-16-8)6-7-14-13(19)10-4-2-9(21-10)3-5-12(17)18/h2-5H,6-7H2,1H3,(H,14,19)(H,17,18)/b5-3+. The van der Waals surface area contributed by atoms with Gasteiger partial charge in [-0.05, 0) is 25.1 Å². The summed E-state index contributed by atoms with van der Waals surface area (Å²) in [6.07, 6.45) is 2.94. The maximum absolute atomic E-state index is 11.9. The molecule has 0 spiro atoms. The van der Waals surface area contributed by atoms with E-state index in [4.69, 9.17) is 9.63 Å². The smallest absolute Gasteiger partial charge is 0.328 e. The molecular weight excluding hydrogens is 294 g/mol. The van der Waals surface area contributed by atoms with Crippen molar-refractivity contribution in [1.82, 2.24) is 15.5 Å². The summed E-state index contributed by atoms with van der Waals surface area (Å²) in [4.78, 5) is 27.5. The van der Waals surface area contributed by atoms with Crippen LogP contribution in [0.2, 0.25) is 0 Å². The largest absolute Gasteiger partial charge is 0.478 e. The van der Waals surface area contributed by atoms with Crippen LogP contribution in [-0.4, -0.2) is 33.7 Å². The first-order chi connectivity index (χ1) is 10.0. The van der Waals surface area contributed by atoms with E-state index in [9.17, 15) is 9.59 Å². The molecular formula is C13H13N3O4S. The van der Waals surface area contributed by atoms with Gasteiger partial charge in [-0.2, -0.15) is 4.98 Å². The van der Waals surface area contributed by atoms with E-state index in [1.165, 1.54) is 17.4 Å². The van der Waals surface area contributed by atoms with Crippen LogP contribution in [0.3, 0.4) is 0 Å². The van der Waals surface area contributed by atoms with Gasteiger partial charge in [0, 0.05) is 23.9 Å². The zero-order valence-electron chi connectivity index (χ0n) is 11.2. The second-order valence-corrected chi connectivity index (χ2v) is 5.23. The number of nitrogens with one attached hydrogen (secondary N) is 1. The minimum atomic E-state index is -1.02. The average molecular weight is 307 g/mol. The van der Waals surface area contributed by atoms with E-state index in [-0.39, 0.29) is 5.91 Å². The van der Waals surface area contributed by atoms with E-state index in [0.29, 0.717) is 34.4 Å². The zero-order valence-corrected chi connectivity index (χ0v) is 12.0. The fourth-order valence-electron chi connectivity index (χ4n) is 1.53. The number of carbonyl (C=O) groups is 2. The zero-order chi connectivity index (χ0) is 15.2. The predicted molar refractivity (Wildman–Crippen MR) is 76.1 cm³/mol. The molecule has 0 saturated heterocycles. The van der Waals surface area contributed by atoms with Crippen molar-refractivity contribution in [3.05, 3.63) is 39.7 Å². The molecule has 0 bridgehead atoms. The molecule has 2 heterocycles. The van der Waals surface area contributed by atoms with Crippen LogP contribution in [0.4, 0.5) is 0 Å². The molecule has 2 aromatic heterocycles. The number of nitrogens with zero attached hydrogens (tertiary/aromatic N) is 2. The van der Waals surface area contributed by atoms with Crippen molar-refractivity contribution in [2.75, 3.05) is 6.54 Å². The Morgan fingerprint density at radius 1 is 1.48 bits per heavy atom. The fourth-order valence-corrected chi connectivity index (χ4v) is 2.36. The predicted octanol–water partition coefficient (Wildman–Crippen LogP) is 1.51. The van der Waals surface area contributed by atoms with Crippen molar-refractivity contribution in [1.29, 1.82) is 0 Å². The first-order valence-corrected chi connectivity index (χ1v) is 6.94. The highest BCUT2D eigenvalue weighted by molar-refractivity contribution is 7.14. The number of aliphatic carboxylic acids is 1. The Bertz CT molecular complexity index is 675. The molecule has 0 aromatic carbocycles. The molecule has 0 aliphatic rings. The molecule has 7 nitrogen and oxygen atoms in total. The van der Waals surface area contributed by atoms with Crippen LogP contribution in [-0.2, 0) is 11.2 Å². The number of carbonyl (C=O) groups excluding carboxylic acids is 1. The van der Waals surface area contributed by atoms with Crippen LogP contribution in [0.25, 0.3) is 6.08 Å².